The van der Waals surface area contributed by atoms with Crippen molar-refractivity contribution in [1.29, 1.82) is 0 Å². The second-order valence-electron chi connectivity index (χ2n) is 4.72. The highest BCUT2D eigenvalue weighted by atomic mass is 79.9. The number of carbonyl (C=O) groups excluding carboxylic acids is 1. The molecule has 1 aliphatic rings. The number of nitrogens with zero attached hydrogens (tertiary/aromatic N) is 1. The largest absolute Gasteiger partial charge is 0.335 e. The van der Waals surface area contributed by atoms with Gasteiger partial charge in [0.2, 0.25) is 0 Å². The minimum Gasteiger partial charge on any atom is -0.335 e. The van der Waals surface area contributed by atoms with Crippen LogP contribution in [0.4, 0.5) is 0 Å². The van der Waals surface area contributed by atoms with Crippen LogP contribution >= 0.6 is 15.9 Å². The first-order chi connectivity index (χ1) is 8.63. The third-order valence-corrected chi connectivity index (χ3v) is 4.09. The van der Waals surface area contributed by atoms with Crippen LogP contribution in [0.1, 0.15) is 29.3 Å². The van der Waals surface area contributed by atoms with Crippen molar-refractivity contribution in [3.8, 4) is 0 Å². The number of halogens is 1. The fourth-order valence-electron chi connectivity index (χ4n) is 2.42. The van der Waals surface area contributed by atoms with Crippen molar-refractivity contribution in [2.75, 3.05) is 19.6 Å². The Morgan fingerprint density at radius 1 is 1.56 bits per heavy atom. The van der Waals surface area contributed by atoms with E-state index >= 15 is 0 Å². The summed E-state index contributed by atoms with van der Waals surface area (Å²) >= 11 is 3.49. The molecule has 0 aliphatic carbocycles. The van der Waals surface area contributed by atoms with Crippen molar-refractivity contribution in [1.82, 2.24) is 10.2 Å². The molecule has 0 bridgehead atoms. The van der Waals surface area contributed by atoms with Crippen LogP contribution in [0.25, 0.3) is 0 Å². The zero-order chi connectivity index (χ0) is 13.1. The molecule has 1 heterocycles. The molecule has 1 aliphatic heterocycles. The zero-order valence-corrected chi connectivity index (χ0v) is 12.5. The van der Waals surface area contributed by atoms with Gasteiger partial charge >= 0.3 is 0 Å². The molecule has 0 aromatic heterocycles. The number of likely N-dealkylation sites (N-methyl/N-ethyl adjacent to an activating group) is 1. The van der Waals surface area contributed by atoms with E-state index in [1.54, 1.807) is 0 Å². The van der Waals surface area contributed by atoms with Crippen LogP contribution in [0.5, 0.6) is 0 Å². The van der Waals surface area contributed by atoms with E-state index < -0.39 is 0 Å². The predicted octanol–water partition coefficient (Wildman–Crippen LogP) is 2.58. The van der Waals surface area contributed by atoms with Gasteiger partial charge in [0.1, 0.15) is 0 Å². The molecule has 98 valence electrons. The third-order valence-electron chi connectivity index (χ3n) is 3.43. The topological polar surface area (TPSA) is 32.3 Å². The summed E-state index contributed by atoms with van der Waals surface area (Å²) < 4.78 is 0.886. The van der Waals surface area contributed by atoms with E-state index in [9.17, 15) is 4.79 Å². The van der Waals surface area contributed by atoms with Crippen LogP contribution in [-0.4, -0.2) is 36.5 Å². The second-order valence-corrected chi connectivity index (χ2v) is 5.58. The molecule has 3 nitrogen and oxygen atoms in total. The zero-order valence-electron chi connectivity index (χ0n) is 10.9. The lowest BCUT2D eigenvalue weighted by molar-refractivity contribution is 0.0703. The van der Waals surface area contributed by atoms with E-state index in [1.165, 1.54) is 0 Å². The lowest BCUT2D eigenvalue weighted by Gasteiger charge is -2.27. The Morgan fingerprint density at radius 2 is 2.33 bits per heavy atom. The van der Waals surface area contributed by atoms with E-state index in [0.717, 1.165) is 41.7 Å². The van der Waals surface area contributed by atoms with E-state index in [2.05, 4.69) is 21.2 Å². The third kappa shape index (κ3) is 2.75. The number of carbonyl (C=O) groups is 1. The smallest absolute Gasteiger partial charge is 0.255 e. The Labute approximate surface area is 117 Å². The van der Waals surface area contributed by atoms with Gasteiger partial charge < -0.3 is 10.2 Å². The van der Waals surface area contributed by atoms with Crippen molar-refractivity contribution < 1.29 is 4.79 Å². The molecule has 0 spiro atoms. The monoisotopic (exact) mass is 310 g/mol. The van der Waals surface area contributed by atoms with Crippen molar-refractivity contribution in [2.45, 2.75) is 26.3 Å². The lowest BCUT2D eigenvalue weighted by Crippen LogP contribution is -2.41. The fourth-order valence-corrected chi connectivity index (χ4v) is 3.08. The molecule has 1 atom stereocenters. The molecule has 1 aromatic rings. The first-order valence-corrected chi connectivity index (χ1v) is 7.20. The molecule has 4 heteroatoms. The maximum absolute atomic E-state index is 12.6. The highest BCUT2D eigenvalue weighted by molar-refractivity contribution is 9.10. The summed E-state index contributed by atoms with van der Waals surface area (Å²) in [5.41, 5.74) is 1.92. The molecule has 1 aromatic carbocycles. The number of rotatable bonds is 3. The summed E-state index contributed by atoms with van der Waals surface area (Å²) in [6.45, 7) is 6.73. The Morgan fingerprint density at radius 3 is 2.89 bits per heavy atom. The van der Waals surface area contributed by atoms with Crippen LogP contribution in [-0.2, 0) is 0 Å². The van der Waals surface area contributed by atoms with Crippen molar-refractivity contribution >= 4 is 21.8 Å². The molecular formula is C14H19BrN2O. The molecule has 1 amide bonds. The number of hydrogen-bond acceptors (Lipinski definition) is 2. The van der Waals surface area contributed by atoms with Gasteiger partial charge in [-0.3, -0.25) is 4.79 Å². The molecule has 0 radical (unpaired) electrons. The van der Waals surface area contributed by atoms with Gasteiger partial charge in [-0.15, -0.1) is 0 Å². The molecule has 1 N–H and O–H groups in total. The Bertz CT molecular complexity index is 441. The van der Waals surface area contributed by atoms with Gasteiger partial charge in [0, 0.05) is 23.6 Å². The van der Waals surface area contributed by atoms with Crippen molar-refractivity contribution in [3.05, 3.63) is 33.8 Å². The van der Waals surface area contributed by atoms with Crippen LogP contribution < -0.4 is 5.32 Å². The minimum atomic E-state index is 0.123. The first-order valence-electron chi connectivity index (χ1n) is 6.41. The Hall–Kier alpha value is -0.870. The molecule has 1 fully saturated rings. The maximum atomic E-state index is 12.6. The van der Waals surface area contributed by atoms with E-state index in [0.29, 0.717) is 6.04 Å². The number of nitrogens with one attached hydrogen (secondary N) is 1. The van der Waals surface area contributed by atoms with Crippen LogP contribution in [0.15, 0.2) is 22.7 Å². The molecule has 0 saturated carbocycles. The second kappa shape index (κ2) is 5.85. The SMILES string of the molecule is CCN(C(=O)c1ccc(C)cc1Br)C1CCNC1. The van der Waals surface area contributed by atoms with E-state index in [4.69, 9.17) is 0 Å². The minimum absolute atomic E-state index is 0.123. The number of aryl methyl sites for hydroxylation is 1. The lowest BCUT2D eigenvalue weighted by atomic mass is 10.1. The highest BCUT2D eigenvalue weighted by Gasteiger charge is 2.26. The fraction of sp³-hybridized carbons (Fsp3) is 0.500. The van der Waals surface area contributed by atoms with Crippen LogP contribution in [0.3, 0.4) is 0 Å². The van der Waals surface area contributed by atoms with Gasteiger partial charge in [0.05, 0.1) is 5.56 Å². The Balaban J connectivity index is 2.22. The first kappa shape index (κ1) is 13.6. The van der Waals surface area contributed by atoms with Crippen molar-refractivity contribution in [2.24, 2.45) is 0 Å². The average molecular weight is 311 g/mol. The average Bonchev–Trinajstić information content (AvgIpc) is 2.83. The van der Waals surface area contributed by atoms with Gasteiger partial charge in [-0.1, -0.05) is 6.07 Å². The summed E-state index contributed by atoms with van der Waals surface area (Å²) in [5, 5.41) is 3.31. The summed E-state index contributed by atoms with van der Waals surface area (Å²) in [4.78, 5) is 14.5. The number of amides is 1. The predicted molar refractivity (Wildman–Crippen MR) is 76.9 cm³/mol. The van der Waals surface area contributed by atoms with E-state index in [-0.39, 0.29) is 5.91 Å². The van der Waals surface area contributed by atoms with Gasteiger partial charge in [0.15, 0.2) is 0 Å². The van der Waals surface area contributed by atoms with Crippen LogP contribution in [0.2, 0.25) is 0 Å². The quantitative estimate of drug-likeness (QED) is 0.930. The summed E-state index contributed by atoms with van der Waals surface area (Å²) in [7, 11) is 0. The standard InChI is InChI=1S/C14H19BrN2O/c1-3-17(11-6-7-16-9-11)14(18)12-5-4-10(2)8-13(12)15/h4-5,8,11,16H,3,6-7,9H2,1-2H3. The van der Waals surface area contributed by atoms with Gasteiger partial charge in [0.25, 0.3) is 5.91 Å². The molecule has 1 saturated heterocycles. The van der Waals surface area contributed by atoms with E-state index in [1.807, 2.05) is 36.9 Å². The maximum Gasteiger partial charge on any atom is 0.255 e. The normalized spacial score (nSPS) is 18.9. The van der Waals surface area contributed by atoms with Gasteiger partial charge in [-0.05, 0) is 60.4 Å². The summed E-state index contributed by atoms with van der Waals surface area (Å²) in [5.74, 6) is 0.123. The Kier molecular flexibility index (Phi) is 4.40. The van der Waals surface area contributed by atoms with Gasteiger partial charge in [-0.25, -0.2) is 0 Å². The van der Waals surface area contributed by atoms with Crippen LogP contribution in [0, 0.1) is 6.92 Å². The van der Waals surface area contributed by atoms with Crippen molar-refractivity contribution in [3.63, 3.8) is 0 Å². The molecule has 1 unspecified atom stereocenters. The van der Waals surface area contributed by atoms with Gasteiger partial charge in [-0.2, -0.15) is 0 Å². The molecular weight excluding hydrogens is 292 g/mol. The number of benzene rings is 1. The molecule has 2 rings (SSSR count). The summed E-state index contributed by atoms with van der Waals surface area (Å²) in [6.07, 6.45) is 1.04. The summed E-state index contributed by atoms with van der Waals surface area (Å²) in [6, 6.07) is 6.22. The number of hydrogen-bond donors (Lipinski definition) is 1. The highest BCUT2D eigenvalue weighted by Crippen LogP contribution is 2.22. The molecule has 18 heavy (non-hydrogen) atoms.